The normalized spacial score (nSPS) is 11.3. The number of hydrogen-bond acceptors (Lipinski definition) is 3. The largest absolute Gasteiger partial charge is 0.388 e. The second-order valence-corrected chi connectivity index (χ2v) is 5.80. The summed E-state index contributed by atoms with van der Waals surface area (Å²) >= 11 is 0. The molecule has 0 aliphatic rings. The monoisotopic (exact) mass is 283 g/mol. The van der Waals surface area contributed by atoms with Crippen molar-refractivity contribution in [1.29, 1.82) is 0 Å². The molecule has 2 aromatic rings. The fourth-order valence-corrected chi connectivity index (χ4v) is 2.76. The molecule has 0 amide bonds. The van der Waals surface area contributed by atoms with E-state index < -0.39 is 5.54 Å². The molecule has 2 aromatic carbocycles. The van der Waals surface area contributed by atoms with Crippen molar-refractivity contribution >= 4 is 11.4 Å². The van der Waals surface area contributed by atoms with E-state index in [4.69, 9.17) is 5.73 Å². The quantitative estimate of drug-likeness (QED) is 0.803. The molecule has 0 heterocycles. The van der Waals surface area contributed by atoms with Crippen LogP contribution >= 0.6 is 0 Å². The zero-order valence-corrected chi connectivity index (χ0v) is 13.5. The van der Waals surface area contributed by atoms with Crippen molar-refractivity contribution in [3.8, 4) is 0 Å². The van der Waals surface area contributed by atoms with E-state index in [0.29, 0.717) is 0 Å². The van der Waals surface area contributed by atoms with Gasteiger partial charge in [0.25, 0.3) is 0 Å². The average Bonchev–Trinajstić information content (AvgIpc) is 2.47. The maximum absolute atomic E-state index is 6.77. The Balaban J connectivity index is 2.66. The van der Waals surface area contributed by atoms with Crippen molar-refractivity contribution in [2.24, 2.45) is 5.73 Å². The van der Waals surface area contributed by atoms with E-state index >= 15 is 0 Å². The third kappa shape index (κ3) is 2.88. The molecule has 2 rings (SSSR count). The average molecular weight is 283 g/mol. The third-order valence-corrected chi connectivity index (χ3v) is 4.01. The van der Waals surface area contributed by atoms with E-state index in [1.165, 1.54) is 11.1 Å². The standard InChI is InChI=1S/C18H25N3/c1-12-6-8-16(20-4)14(10-12)18(3,19)15-11-13(2)7-9-17(15)21-5/h6-11,20-21H,19H2,1-5H3. The molecule has 0 aliphatic carbocycles. The van der Waals surface area contributed by atoms with Gasteiger partial charge in [-0.1, -0.05) is 35.4 Å². The van der Waals surface area contributed by atoms with Crippen LogP contribution in [0.1, 0.15) is 29.2 Å². The highest BCUT2D eigenvalue weighted by Gasteiger charge is 2.29. The van der Waals surface area contributed by atoms with Crippen LogP contribution in [0.15, 0.2) is 36.4 Å². The topological polar surface area (TPSA) is 50.1 Å². The predicted molar refractivity (Wildman–Crippen MR) is 92.1 cm³/mol. The molecular weight excluding hydrogens is 258 g/mol. The molecule has 0 aliphatic heterocycles. The van der Waals surface area contributed by atoms with Gasteiger partial charge in [0, 0.05) is 25.5 Å². The van der Waals surface area contributed by atoms with Crippen LogP contribution < -0.4 is 16.4 Å². The van der Waals surface area contributed by atoms with Gasteiger partial charge in [-0.15, -0.1) is 0 Å². The molecule has 0 fully saturated rings. The van der Waals surface area contributed by atoms with Gasteiger partial charge in [0.2, 0.25) is 0 Å². The van der Waals surface area contributed by atoms with E-state index in [1.54, 1.807) is 0 Å². The van der Waals surface area contributed by atoms with Gasteiger partial charge in [-0.3, -0.25) is 0 Å². The van der Waals surface area contributed by atoms with E-state index in [1.807, 2.05) is 14.1 Å². The van der Waals surface area contributed by atoms with Gasteiger partial charge in [-0.25, -0.2) is 0 Å². The summed E-state index contributed by atoms with van der Waals surface area (Å²) in [6.07, 6.45) is 0. The van der Waals surface area contributed by atoms with Gasteiger partial charge in [0.15, 0.2) is 0 Å². The molecule has 21 heavy (non-hydrogen) atoms. The summed E-state index contributed by atoms with van der Waals surface area (Å²) in [7, 11) is 3.86. The van der Waals surface area contributed by atoms with E-state index in [2.05, 4.69) is 67.8 Å². The number of rotatable bonds is 4. The van der Waals surface area contributed by atoms with Gasteiger partial charge in [0.1, 0.15) is 0 Å². The maximum Gasteiger partial charge on any atom is 0.0677 e. The summed E-state index contributed by atoms with van der Waals surface area (Å²) in [6.45, 7) is 6.25. The lowest BCUT2D eigenvalue weighted by Gasteiger charge is -2.31. The number of aryl methyl sites for hydroxylation is 2. The lowest BCUT2D eigenvalue weighted by Crippen LogP contribution is -2.36. The molecule has 0 saturated heterocycles. The minimum Gasteiger partial charge on any atom is -0.388 e. The van der Waals surface area contributed by atoms with Crippen LogP contribution in [-0.4, -0.2) is 14.1 Å². The Morgan fingerprint density at radius 3 is 1.52 bits per heavy atom. The van der Waals surface area contributed by atoms with Gasteiger partial charge in [0.05, 0.1) is 5.54 Å². The smallest absolute Gasteiger partial charge is 0.0677 e. The van der Waals surface area contributed by atoms with Gasteiger partial charge < -0.3 is 16.4 Å². The molecule has 0 atom stereocenters. The summed E-state index contributed by atoms with van der Waals surface area (Å²) in [5, 5.41) is 6.50. The number of benzene rings is 2. The van der Waals surface area contributed by atoms with Crippen LogP contribution in [-0.2, 0) is 5.54 Å². The van der Waals surface area contributed by atoms with Crippen molar-refractivity contribution in [1.82, 2.24) is 0 Å². The van der Waals surface area contributed by atoms with E-state index in [-0.39, 0.29) is 0 Å². The van der Waals surface area contributed by atoms with Crippen LogP contribution in [0.4, 0.5) is 11.4 Å². The summed E-state index contributed by atoms with van der Waals surface area (Å²) in [4.78, 5) is 0. The number of nitrogens with one attached hydrogen (secondary N) is 2. The zero-order valence-electron chi connectivity index (χ0n) is 13.5. The summed E-state index contributed by atoms with van der Waals surface area (Å²) in [6, 6.07) is 12.7. The summed E-state index contributed by atoms with van der Waals surface area (Å²) < 4.78 is 0. The third-order valence-electron chi connectivity index (χ3n) is 4.01. The highest BCUT2D eigenvalue weighted by atomic mass is 14.9. The van der Waals surface area contributed by atoms with E-state index in [0.717, 1.165) is 22.5 Å². The Hall–Kier alpha value is -2.00. The Kier molecular flexibility index (Phi) is 4.24. The Morgan fingerprint density at radius 1 is 0.810 bits per heavy atom. The first kappa shape index (κ1) is 15.4. The predicted octanol–water partition coefficient (Wildman–Crippen LogP) is 3.61. The van der Waals surface area contributed by atoms with Crippen LogP contribution in [0.3, 0.4) is 0 Å². The van der Waals surface area contributed by atoms with Crippen molar-refractivity contribution < 1.29 is 0 Å². The summed E-state index contributed by atoms with van der Waals surface area (Å²) in [5.41, 5.74) is 12.9. The minimum absolute atomic E-state index is 0.575. The van der Waals surface area contributed by atoms with Gasteiger partial charge in [-0.2, -0.15) is 0 Å². The molecule has 0 radical (unpaired) electrons. The molecule has 0 unspecified atom stereocenters. The molecule has 0 bridgehead atoms. The lowest BCUT2D eigenvalue weighted by molar-refractivity contribution is 0.605. The fourth-order valence-electron chi connectivity index (χ4n) is 2.76. The Labute approximate surface area is 127 Å². The van der Waals surface area contributed by atoms with Crippen molar-refractivity contribution in [3.05, 3.63) is 58.7 Å². The molecule has 0 spiro atoms. The highest BCUT2D eigenvalue weighted by Crippen LogP contribution is 2.36. The van der Waals surface area contributed by atoms with Gasteiger partial charge in [-0.05, 0) is 44.0 Å². The van der Waals surface area contributed by atoms with Crippen LogP contribution in [0.5, 0.6) is 0 Å². The van der Waals surface area contributed by atoms with E-state index in [9.17, 15) is 0 Å². The molecule has 3 heteroatoms. The molecule has 3 nitrogen and oxygen atoms in total. The second-order valence-electron chi connectivity index (χ2n) is 5.80. The van der Waals surface area contributed by atoms with Crippen LogP contribution in [0, 0.1) is 13.8 Å². The summed E-state index contributed by atoms with van der Waals surface area (Å²) in [5.74, 6) is 0. The number of anilines is 2. The molecule has 4 N–H and O–H groups in total. The molecule has 112 valence electrons. The van der Waals surface area contributed by atoms with Crippen LogP contribution in [0.25, 0.3) is 0 Å². The Morgan fingerprint density at radius 2 is 1.19 bits per heavy atom. The fraction of sp³-hybridized carbons (Fsp3) is 0.333. The second kappa shape index (κ2) is 5.78. The molecular formula is C18H25N3. The Bertz CT molecular complexity index is 589. The molecule has 0 aromatic heterocycles. The van der Waals surface area contributed by atoms with Gasteiger partial charge >= 0.3 is 0 Å². The number of hydrogen-bond donors (Lipinski definition) is 3. The first-order chi connectivity index (χ1) is 9.90. The molecule has 0 saturated carbocycles. The zero-order chi connectivity index (χ0) is 15.6. The highest BCUT2D eigenvalue weighted by molar-refractivity contribution is 5.64. The number of nitrogens with two attached hydrogens (primary N) is 1. The first-order valence-corrected chi connectivity index (χ1v) is 7.26. The SMILES string of the molecule is CNc1ccc(C)cc1C(C)(N)c1cc(C)ccc1NC. The first-order valence-electron chi connectivity index (χ1n) is 7.26. The lowest BCUT2D eigenvalue weighted by atomic mass is 9.82. The van der Waals surface area contributed by atoms with Crippen molar-refractivity contribution in [3.63, 3.8) is 0 Å². The minimum atomic E-state index is -0.575. The van der Waals surface area contributed by atoms with Crippen molar-refractivity contribution in [2.75, 3.05) is 24.7 Å². The van der Waals surface area contributed by atoms with Crippen LogP contribution in [0.2, 0.25) is 0 Å². The van der Waals surface area contributed by atoms with Crippen molar-refractivity contribution in [2.45, 2.75) is 26.3 Å². The maximum atomic E-state index is 6.77.